The molecule has 0 aliphatic rings. The van der Waals surface area contributed by atoms with E-state index in [2.05, 4.69) is 0 Å². The van der Waals surface area contributed by atoms with Crippen molar-refractivity contribution in [2.75, 3.05) is 13.2 Å². The fraction of sp³-hybridized carbons (Fsp3) is 0.300. The molecule has 2 aromatic rings. The predicted molar refractivity (Wildman–Crippen MR) is 94.7 cm³/mol. The zero-order valence-electron chi connectivity index (χ0n) is 14.7. The van der Waals surface area contributed by atoms with E-state index in [-0.39, 0.29) is 38.4 Å². The first-order chi connectivity index (χ1) is 13.0. The van der Waals surface area contributed by atoms with Gasteiger partial charge in [-0.05, 0) is 23.3 Å². The van der Waals surface area contributed by atoms with E-state index in [0.717, 1.165) is 17.7 Å². The molecule has 0 saturated heterocycles. The van der Waals surface area contributed by atoms with Crippen molar-refractivity contribution in [1.29, 1.82) is 0 Å². The van der Waals surface area contributed by atoms with Crippen LogP contribution in [0.4, 0.5) is 8.78 Å². The van der Waals surface area contributed by atoms with Crippen molar-refractivity contribution in [3.05, 3.63) is 71.3 Å². The Labute approximate surface area is 156 Å². The van der Waals surface area contributed by atoms with Crippen molar-refractivity contribution in [1.82, 2.24) is 4.90 Å². The molecule has 0 aliphatic heterocycles. The summed E-state index contributed by atoms with van der Waals surface area (Å²) >= 11 is 0. The number of benzene rings is 2. The number of halogens is 2. The molecular formula is C20H21F2NO4. The van der Waals surface area contributed by atoms with Crippen LogP contribution in [-0.4, -0.2) is 35.0 Å². The van der Waals surface area contributed by atoms with Crippen LogP contribution in [0, 0.1) is 11.6 Å². The molecule has 2 aromatic carbocycles. The molecule has 0 heterocycles. The first-order valence-corrected chi connectivity index (χ1v) is 8.51. The van der Waals surface area contributed by atoms with E-state index in [9.17, 15) is 18.4 Å². The lowest BCUT2D eigenvalue weighted by Crippen LogP contribution is -2.33. The quantitative estimate of drug-likeness (QED) is 0.645. The highest BCUT2D eigenvalue weighted by molar-refractivity contribution is 5.77. The Bertz CT molecular complexity index is 768. The molecule has 27 heavy (non-hydrogen) atoms. The van der Waals surface area contributed by atoms with Crippen molar-refractivity contribution in [2.45, 2.75) is 26.0 Å². The van der Waals surface area contributed by atoms with E-state index >= 15 is 0 Å². The molecule has 0 saturated carbocycles. The summed E-state index contributed by atoms with van der Waals surface area (Å²) in [5.41, 5.74) is 1.37. The van der Waals surface area contributed by atoms with Gasteiger partial charge >= 0.3 is 5.97 Å². The van der Waals surface area contributed by atoms with Gasteiger partial charge in [0.25, 0.3) is 0 Å². The minimum absolute atomic E-state index is 0.00198. The minimum Gasteiger partial charge on any atom is -0.481 e. The van der Waals surface area contributed by atoms with Crippen LogP contribution in [0.15, 0.2) is 48.5 Å². The Morgan fingerprint density at radius 2 is 1.70 bits per heavy atom. The number of nitrogens with zero attached hydrogens (tertiary/aromatic N) is 1. The van der Waals surface area contributed by atoms with Gasteiger partial charge in [0.1, 0.15) is 0 Å². The van der Waals surface area contributed by atoms with E-state index in [4.69, 9.17) is 9.84 Å². The van der Waals surface area contributed by atoms with Crippen LogP contribution in [0.3, 0.4) is 0 Å². The topological polar surface area (TPSA) is 66.8 Å². The maximum atomic E-state index is 13.4. The van der Waals surface area contributed by atoms with Crippen molar-refractivity contribution in [3.8, 4) is 0 Å². The van der Waals surface area contributed by atoms with Gasteiger partial charge in [-0.2, -0.15) is 0 Å². The first-order valence-electron chi connectivity index (χ1n) is 8.51. The molecule has 5 nitrogen and oxygen atoms in total. The smallest absolute Gasteiger partial charge is 0.305 e. The van der Waals surface area contributed by atoms with Gasteiger partial charge in [0, 0.05) is 13.1 Å². The van der Waals surface area contributed by atoms with E-state index < -0.39 is 17.6 Å². The van der Waals surface area contributed by atoms with Gasteiger partial charge in [-0.1, -0.05) is 36.4 Å². The number of hydrogen-bond acceptors (Lipinski definition) is 3. The van der Waals surface area contributed by atoms with Gasteiger partial charge in [-0.15, -0.1) is 0 Å². The third kappa shape index (κ3) is 7.15. The van der Waals surface area contributed by atoms with Crippen molar-refractivity contribution in [3.63, 3.8) is 0 Å². The molecule has 0 aliphatic carbocycles. The number of ether oxygens (including phenoxy) is 1. The predicted octanol–water partition coefficient (Wildman–Crippen LogP) is 3.38. The number of carboxylic acids is 1. The third-order valence-electron chi connectivity index (χ3n) is 3.88. The van der Waals surface area contributed by atoms with Gasteiger partial charge in [0.15, 0.2) is 11.6 Å². The normalized spacial score (nSPS) is 10.6. The van der Waals surface area contributed by atoms with Gasteiger partial charge < -0.3 is 14.7 Å². The van der Waals surface area contributed by atoms with Crippen LogP contribution in [0.25, 0.3) is 0 Å². The molecule has 0 unspecified atom stereocenters. The number of rotatable bonds is 10. The summed E-state index contributed by atoms with van der Waals surface area (Å²) in [6.07, 6.45) is -0.170. The van der Waals surface area contributed by atoms with Gasteiger partial charge in [-0.25, -0.2) is 8.78 Å². The highest BCUT2D eigenvalue weighted by Crippen LogP contribution is 2.12. The van der Waals surface area contributed by atoms with Crippen LogP contribution in [0.2, 0.25) is 0 Å². The Morgan fingerprint density at radius 3 is 2.37 bits per heavy atom. The number of carboxylic acid groups (broad SMARTS) is 1. The average Bonchev–Trinajstić information content (AvgIpc) is 2.65. The van der Waals surface area contributed by atoms with Gasteiger partial charge in [0.2, 0.25) is 5.91 Å². The lowest BCUT2D eigenvalue weighted by atomic mass is 10.2. The fourth-order valence-corrected chi connectivity index (χ4v) is 2.46. The molecule has 0 spiro atoms. The number of amides is 1. The number of carbonyl (C=O) groups excluding carboxylic acids is 1. The minimum atomic E-state index is -1.04. The molecule has 1 N–H and O–H groups in total. The molecule has 0 radical (unpaired) electrons. The van der Waals surface area contributed by atoms with Gasteiger partial charge in [0.05, 0.1) is 26.1 Å². The number of hydrogen-bond donors (Lipinski definition) is 1. The maximum Gasteiger partial charge on any atom is 0.305 e. The van der Waals surface area contributed by atoms with E-state index in [0.29, 0.717) is 12.2 Å². The number of carbonyl (C=O) groups is 2. The van der Waals surface area contributed by atoms with Crippen LogP contribution >= 0.6 is 0 Å². The van der Waals surface area contributed by atoms with E-state index in [1.54, 1.807) is 0 Å². The standard InChI is InChI=1S/C20H21F2NO4/c21-17-7-6-16(12-18(17)22)13-23(10-8-20(25)26)19(24)9-11-27-14-15-4-2-1-3-5-15/h1-7,12H,8-11,13-14H2,(H,25,26). The zero-order chi connectivity index (χ0) is 19.6. The highest BCUT2D eigenvalue weighted by atomic mass is 19.2. The summed E-state index contributed by atoms with van der Waals surface area (Å²) in [4.78, 5) is 24.5. The summed E-state index contributed by atoms with van der Waals surface area (Å²) in [5, 5.41) is 8.86. The Kier molecular flexibility index (Phi) is 7.88. The molecule has 144 valence electrons. The first kappa shape index (κ1) is 20.5. The van der Waals surface area contributed by atoms with Gasteiger partial charge in [-0.3, -0.25) is 9.59 Å². The second kappa shape index (κ2) is 10.4. The maximum absolute atomic E-state index is 13.4. The summed E-state index contributed by atoms with van der Waals surface area (Å²) in [6, 6.07) is 12.8. The van der Waals surface area contributed by atoms with Crippen LogP contribution in [-0.2, 0) is 27.5 Å². The van der Waals surface area contributed by atoms with Crippen LogP contribution in [0.5, 0.6) is 0 Å². The highest BCUT2D eigenvalue weighted by Gasteiger charge is 2.16. The number of aliphatic carboxylic acids is 1. The SMILES string of the molecule is O=C(O)CCN(Cc1ccc(F)c(F)c1)C(=O)CCOCc1ccccc1. The van der Waals surface area contributed by atoms with E-state index in [1.165, 1.54) is 11.0 Å². The molecular weight excluding hydrogens is 356 g/mol. The fourth-order valence-electron chi connectivity index (χ4n) is 2.46. The van der Waals surface area contributed by atoms with E-state index in [1.807, 2.05) is 30.3 Å². The monoisotopic (exact) mass is 377 g/mol. The molecule has 0 fully saturated rings. The Balaban J connectivity index is 1.89. The lowest BCUT2D eigenvalue weighted by Gasteiger charge is -2.22. The second-order valence-corrected chi connectivity index (χ2v) is 6.00. The molecule has 0 atom stereocenters. The van der Waals surface area contributed by atoms with Crippen LogP contribution < -0.4 is 0 Å². The van der Waals surface area contributed by atoms with Crippen LogP contribution in [0.1, 0.15) is 24.0 Å². The molecule has 1 amide bonds. The average molecular weight is 377 g/mol. The summed E-state index contributed by atoms with van der Waals surface area (Å²) < 4.78 is 31.9. The Hall–Kier alpha value is -2.80. The third-order valence-corrected chi connectivity index (χ3v) is 3.88. The summed E-state index contributed by atoms with van der Waals surface area (Å²) in [7, 11) is 0. The second-order valence-electron chi connectivity index (χ2n) is 6.00. The molecule has 0 aromatic heterocycles. The lowest BCUT2D eigenvalue weighted by molar-refractivity contribution is -0.139. The van der Waals surface area contributed by atoms with Crippen molar-refractivity contribution >= 4 is 11.9 Å². The summed E-state index contributed by atoms with van der Waals surface area (Å²) in [6.45, 7) is 0.523. The van der Waals surface area contributed by atoms with Crippen molar-refractivity contribution in [2.24, 2.45) is 0 Å². The largest absolute Gasteiger partial charge is 0.481 e. The zero-order valence-corrected chi connectivity index (χ0v) is 14.7. The molecule has 0 bridgehead atoms. The molecule has 2 rings (SSSR count). The Morgan fingerprint density at radius 1 is 0.963 bits per heavy atom. The summed E-state index contributed by atoms with van der Waals surface area (Å²) in [5.74, 6) is -3.34. The van der Waals surface area contributed by atoms with Crippen molar-refractivity contribution < 1.29 is 28.2 Å². The molecule has 7 heteroatoms.